The maximum Gasteiger partial charge on any atom is -1.00 e. The summed E-state index contributed by atoms with van der Waals surface area (Å²) in [6.07, 6.45) is 3.56. The van der Waals surface area contributed by atoms with Gasteiger partial charge in [-0.25, -0.2) is 0 Å². The maximum absolute atomic E-state index is 2.85. The molecule has 47 heavy (non-hydrogen) atoms. The van der Waals surface area contributed by atoms with E-state index in [4.69, 9.17) is 0 Å². The molecule has 0 bridgehead atoms. The van der Waals surface area contributed by atoms with Crippen molar-refractivity contribution in [3.8, 4) is 11.1 Å². The zero-order valence-corrected chi connectivity index (χ0v) is 34.1. The van der Waals surface area contributed by atoms with Crippen molar-refractivity contribution in [3.05, 3.63) is 144 Å². The monoisotopic (exact) mass is 738 g/mol. The zero-order chi connectivity index (χ0) is 32.4. The Morgan fingerprint density at radius 1 is 0.638 bits per heavy atom. The molecule has 1 unspecified atom stereocenters. The summed E-state index contributed by atoms with van der Waals surface area (Å²) in [6, 6.07) is 31.4. The van der Waals surface area contributed by atoms with Crippen LogP contribution in [0.25, 0.3) is 11.1 Å². The smallest absolute Gasteiger partial charge is 1.00 e. The molecule has 4 aromatic carbocycles. The van der Waals surface area contributed by atoms with E-state index in [1.807, 2.05) is 0 Å². The number of rotatable bonds is 4. The van der Waals surface area contributed by atoms with Gasteiger partial charge in [0.1, 0.15) is 0 Å². The molecule has 2 aliphatic rings. The fraction of sp³-hybridized carbons (Fsp3) is 0.341. The molecule has 0 radical (unpaired) electrons. The van der Waals surface area contributed by atoms with Crippen molar-refractivity contribution in [2.75, 3.05) is 0 Å². The van der Waals surface area contributed by atoms with Crippen LogP contribution in [0.5, 0.6) is 0 Å². The van der Waals surface area contributed by atoms with Gasteiger partial charge in [0.05, 0.1) is 0 Å². The van der Waals surface area contributed by atoms with E-state index in [9.17, 15) is 0 Å². The minimum absolute atomic E-state index is 0. The summed E-state index contributed by atoms with van der Waals surface area (Å²) in [6.45, 7) is 25.8. The van der Waals surface area contributed by atoms with E-state index in [1.165, 1.54) is 61.2 Å². The molecule has 0 aromatic heterocycles. The van der Waals surface area contributed by atoms with Gasteiger partial charge in [0.2, 0.25) is 0 Å². The Hall–Kier alpha value is -2.31. The first-order valence-electron chi connectivity index (χ1n) is 16.7. The van der Waals surface area contributed by atoms with Crippen LogP contribution in [0.2, 0.25) is 0 Å². The minimum Gasteiger partial charge on any atom is -1.00 e. The van der Waals surface area contributed by atoms with Crippen molar-refractivity contribution in [1.82, 2.24) is 0 Å². The first kappa shape index (κ1) is 37.5. The second-order valence-electron chi connectivity index (χ2n) is 15.8. The van der Waals surface area contributed by atoms with Crippen LogP contribution in [0, 0.1) is 19.8 Å². The summed E-state index contributed by atoms with van der Waals surface area (Å²) >= 11 is -2.85. The van der Waals surface area contributed by atoms with Gasteiger partial charge in [-0.05, 0) is 0 Å². The topological polar surface area (TPSA) is 0 Å². The summed E-state index contributed by atoms with van der Waals surface area (Å²) in [5, 5.41) is 0. The van der Waals surface area contributed by atoms with Gasteiger partial charge in [-0.3, -0.25) is 0 Å². The van der Waals surface area contributed by atoms with Gasteiger partial charge in [-0.2, -0.15) is 0 Å². The summed E-state index contributed by atoms with van der Waals surface area (Å²) in [5.41, 5.74) is 17.5. The van der Waals surface area contributed by atoms with Crippen LogP contribution < -0.4 is 28.1 Å². The van der Waals surface area contributed by atoms with Crippen molar-refractivity contribution in [1.29, 1.82) is 0 Å². The molecule has 0 heterocycles. The Morgan fingerprint density at radius 3 is 1.62 bits per heavy atom. The van der Waals surface area contributed by atoms with Crippen molar-refractivity contribution < 1.29 is 46.1 Å². The van der Waals surface area contributed by atoms with Gasteiger partial charge >= 0.3 is 282 Å². The van der Waals surface area contributed by atoms with Gasteiger partial charge in [0, 0.05) is 0 Å². The third-order valence-corrected chi connectivity index (χ3v) is 18.6. The molecule has 3 heteroatoms. The molecule has 0 amide bonds. The van der Waals surface area contributed by atoms with E-state index < -0.39 is 21.3 Å². The summed E-state index contributed by atoms with van der Waals surface area (Å²) in [4.78, 5) is 0. The number of benzene rings is 4. The molecule has 0 aliphatic heterocycles. The number of hydrogen-bond acceptors (Lipinski definition) is 0. The second kappa shape index (κ2) is 13.9. The fourth-order valence-corrected chi connectivity index (χ4v) is 16.3. The first-order valence-corrected chi connectivity index (χ1v) is 20.4. The second-order valence-corrected chi connectivity index (χ2v) is 21.5. The molecule has 6 rings (SSSR count). The Morgan fingerprint density at radius 2 is 1.15 bits per heavy atom. The zero-order valence-electron chi connectivity index (χ0n) is 30.1. The molecular weight excluding hydrogens is 691 g/mol. The van der Waals surface area contributed by atoms with Gasteiger partial charge < -0.3 is 24.8 Å². The normalized spacial score (nSPS) is 15.2. The van der Waals surface area contributed by atoms with Crippen molar-refractivity contribution in [2.45, 2.75) is 93.4 Å². The number of hydrogen-bond donors (Lipinski definition) is 0. The molecule has 0 fully saturated rings. The van der Waals surface area contributed by atoms with Crippen molar-refractivity contribution in [3.63, 3.8) is 0 Å². The average molecular weight is 741 g/mol. The van der Waals surface area contributed by atoms with Crippen LogP contribution in [0.4, 0.5) is 0 Å². The number of halogens is 2. The van der Waals surface area contributed by atoms with Gasteiger partial charge in [0.15, 0.2) is 0 Å². The van der Waals surface area contributed by atoms with Gasteiger partial charge in [-0.1, -0.05) is 0 Å². The van der Waals surface area contributed by atoms with Crippen LogP contribution in [0.15, 0.2) is 99.4 Å². The molecule has 4 aromatic rings. The molecule has 1 atom stereocenters. The van der Waals surface area contributed by atoms with E-state index >= 15 is 0 Å². The molecular formula is C44H50Cl2Zr. The molecule has 0 N–H and O–H groups in total. The van der Waals surface area contributed by atoms with E-state index in [0.29, 0.717) is 5.92 Å². The van der Waals surface area contributed by atoms with E-state index in [0.717, 1.165) is 6.42 Å². The predicted molar refractivity (Wildman–Crippen MR) is 193 cm³/mol. The molecule has 0 saturated heterocycles. The summed E-state index contributed by atoms with van der Waals surface area (Å²) in [7, 11) is 0. The van der Waals surface area contributed by atoms with E-state index in [2.05, 4.69) is 161 Å². The summed E-state index contributed by atoms with van der Waals surface area (Å²) < 4.78 is 5.03. The molecule has 0 nitrogen and oxygen atoms in total. The largest absolute Gasteiger partial charge is 1.00 e. The average Bonchev–Trinajstić information content (AvgIpc) is 3.46. The van der Waals surface area contributed by atoms with Crippen LogP contribution in [-0.4, -0.2) is 3.21 Å². The first-order chi connectivity index (χ1) is 21.1. The molecule has 0 saturated carbocycles. The van der Waals surface area contributed by atoms with Gasteiger partial charge in [-0.15, -0.1) is 0 Å². The third kappa shape index (κ3) is 7.20. The molecule has 2 aliphatic carbocycles. The summed E-state index contributed by atoms with van der Waals surface area (Å²) in [5.74, 6) is 0.454. The SMILES string of the molecule is CC1=CC(C)[C]([Zr+2](=[C](c2ccc(C)cc2)c2ccc(C)cc2)[c]2cc(C(C)(C)C)cc3c2Cc2ccc(C(C)(C)C)cc2-3)=C1C.[Cl-].[Cl-]. The maximum atomic E-state index is 2.67. The minimum atomic E-state index is -2.85. The van der Waals surface area contributed by atoms with Crippen LogP contribution in [-0.2, 0) is 38.5 Å². The van der Waals surface area contributed by atoms with E-state index in [1.54, 1.807) is 15.3 Å². The number of allylic oxidation sites excluding steroid dienone is 4. The fourth-order valence-electron chi connectivity index (χ4n) is 7.26. The van der Waals surface area contributed by atoms with Gasteiger partial charge in [0.25, 0.3) is 0 Å². The van der Waals surface area contributed by atoms with Crippen LogP contribution in [0.3, 0.4) is 0 Å². The molecule has 0 spiro atoms. The molecule has 244 valence electrons. The van der Waals surface area contributed by atoms with Crippen molar-refractivity contribution in [2.24, 2.45) is 5.92 Å². The number of aryl methyl sites for hydroxylation is 2. The Balaban J connectivity index is 0.00000250. The Kier molecular flexibility index (Phi) is 11.1. The Bertz CT molecular complexity index is 1860. The van der Waals surface area contributed by atoms with E-state index in [-0.39, 0.29) is 35.6 Å². The van der Waals surface area contributed by atoms with Crippen LogP contribution >= 0.6 is 0 Å². The van der Waals surface area contributed by atoms with Crippen molar-refractivity contribution >= 4 is 6.48 Å². The Labute approximate surface area is 304 Å². The van der Waals surface area contributed by atoms with Crippen LogP contribution in [0.1, 0.15) is 107 Å². The number of fused-ring (bicyclic) bond motifs is 3. The predicted octanol–water partition coefficient (Wildman–Crippen LogP) is 4.86. The third-order valence-electron chi connectivity index (χ3n) is 10.2. The standard InChI is InChI=1S/C21H25.C15H14.C8H11.2ClH.Zr/c1-20(2,3)16-9-7-14-11-15-8-10-17(21(4,5)6)13-19(15)18(14)12-16;1-12-3-7-14(8-4-12)11-15-9-5-13(2)6-10-15;1-6-4-7(2)8(3)5-6;;;/h7,9-10,12-13H,11H2,1-6H3;3-10H,1-2H3;4,6H,1-3H3;2*1H;/q;;;;;+2/p-2. The quantitative estimate of drug-likeness (QED) is 0.247.